The topological polar surface area (TPSA) is 110 Å². The maximum atomic E-state index is 12.4. The van der Waals surface area contributed by atoms with Crippen molar-refractivity contribution in [3.8, 4) is 0 Å². The number of carbonyl (C=O) groups is 4. The van der Waals surface area contributed by atoms with E-state index in [1.807, 2.05) is 0 Å². The van der Waals surface area contributed by atoms with Crippen LogP contribution >= 0.6 is 0 Å². The van der Waals surface area contributed by atoms with Gasteiger partial charge in [-0.05, 0) is 6.42 Å². The molecule has 0 saturated carbocycles. The van der Waals surface area contributed by atoms with Crippen molar-refractivity contribution < 1.29 is 19.2 Å². The van der Waals surface area contributed by atoms with Crippen molar-refractivity contribution in [2.75, 3.05) is 0 Å². The van der Waals surface area contributed by atoms with E-state index in [0.29, 0.717) is 5.57 Å². The number of amides is 4. The second-order valence-corrected chi connectivity index (χ2v) is 5.04. The number of rotatable bonds is 1. The van der Waals surface area contributed by atoms with E-state index in [1.54, 1.807) is 18.2 Å². The average Bonchev–Trinajstić information content (AvgIpc) is 2.64. The smallest absolute Gasteiger partial charge is 0.258 e. The first-order valence-electron chi connectivity index (χ1n) is 6.36. The van der Waals surface area contributed by atoms with Crippen molar-refractivity contribution in [2.24, 2.45) is 11.7 Å². The van der Waals surface area contributed by atoms with Gasteiger partial charge in [0.05, 0.1) is 5.92 Å². The first-order chi connectivity index (χ1) is 9.50. The highest BCUT2D eigenvalue weighted by atomic mass is 16.2. The van der Waals surface area contributed by atoms with Gasteiger partial charge in [-0.1, -0.05) is 18.2 Å². The molecule has 104 valence electrons. The molecule has 2 heterocycles. The Kier molecular flexibility index (Phi) is 2.79. The summed E-state index contributed by atoms with van der Waals surface area (Å²) >= 11 is 0. The van der Waals surface area contributed by atoms with Crippen molar-refractivity contribution in [3.05, 3.63) is 23.8 Å². The summed E-state index contributed by atoms with van der Waals surface area (Å²) in [7, 11) is 0. The molecule has 0 spiro atoms. The molecule has 0 aromatic rings. The lowest BCUT2D eigenvalue weighted by atomic mass is 9.90. The fourth-order valence-electron chi connectivity index (χ4n) is 2.82. The maximum Gasteiger partial charge on any atom is 0.258 e. The second-order valence-electron chi connectivity index (χ2n) is 5.04. The van der Waals surface area contributed by atoms with Crippen LogP contribution in [-0.2, 0) is 19.2 Å². The van der Waals surface area contributed by atoms with E-state index in [4.69, 9.17) is 5.73 Å². The van der Waals surface area contributed by atoms with Crippen molar-refractivity contribution in [3.63, 3.8) is 0 Å². The highest BCUT2D eigenvalue weighted by molar-refractivity contribution is 6.18. The number of carbonyl (C=O) groups excluding carboxylic acids is 4. The van der Waals surface area contributed by atoms with Crippen molar-refractivity contribution in [1.82, 2.24) is 10.2 Å². The molecule has 0 radical (unpaired) electrons. The minimum Gasteiger partial charge on any atom is -0.323 e. The van der Waals surface area contributed by atoms with Crippen LogP contribution in [0.3, 0.4) is 0 Å². The van der Waals surface area contributed by atoms with E-state index in [9.17, 15) is 19.2 Å². The van der Waals surface area contributed by atoms with Gasteiger partial charge in [-0.25, -0.2) is 0 Å². The average molecular weight is 275 g/mol. The van der Waals surface area contributed by atoms with Crippen LogP contribution in [0.4, 0.5) is 0 Å². The minimum absolute atomic E-state index is 0.113. The van der Waals surface area contributed by atoms with Gasteiger partial charge in [0.1, 0.15) is 6.04 Å². The van der Waals surface area contributed by atoms with E-state index in [-0.39, 0.29) is 18.7 Å². The third-order valence-corrected chi connectivity index (χ3v) is 3.82. The summed E-state index contributed by atoms with van der Waals surface area (Å²) in [5.41, 5.74) is 6.15. The zero-order valence-electron chi connectivity index (χ0n) is 10.5. The number of piperidine rings is 1. The molecule has 1 aliphatic carbocycles. The molecule has 4 amide bonds. The normalized spacial score (nSPS) is 33.1. The number of hydrogen-bond acceptors (Lipinski definition) is 5. The Morgan fingerprint density at radius 1 is 1.25 bits per heavy atom. The molecule has 3 aliphatic rings. The van der Waals surface area contributed by atoms with Crippen molar-refractivity contribution >= 4 is 23.6 Å². The number of allylic oxidation sites excluding steroid dienone is 2. The summed E-state index contributed by atoms with van der Waals surface area (Å²) in [4.78, 5) is 48.6. The summed E-state index contributed by atoms with van der Waals surface area (Å²) < 4.78 is 0. The van der Waals surface area contributed by atoms with Crippen LogP contribution in [-0.4, -0.2) is 40.6 Å². The lowest BCUT2D eigenvalue weighted by molar-refractivity contribution is -0.151. The van der Waals surface area contributed by atoms with Gasteiger partial charge in [0, 0.05) is 18.0 Å². The SMILES string of the molecule is NC1C=CC=C2C(=O)N(C3CCC(=O)NC3=O)C(=O)C21. The summed E-state index contributed by atoms with van der Waals surface area (Å²) in [6, 6.07) is -1.49. The van der Waals surface area contributed by atoms with Gasteiger partial charge in [0.2, 0.25) is 17.7 Å². The number of likely N-dealkylation sites (tertiary alicyclic amines) is 1. The van der Waals surface area contributed by atoms with Gasteiger partial charge in [0.15, 0.2) is 0 Å². The maximum absolute atomic E-state index is 12.4. The number of nitrogens with one attached hydrogen (secondary N) is 1. The largest absolute Gasteiger partial charge is 0.323 e. The molecule has 20 heavy (non-hydrogen) atoms. The number of nitrogens with two attached hydrogens (primary N) is 1. The molecule has 2 aliphatic heterocycles. The molecular weight excluding hydrogens is 262 g/mol. The predicted octanol–water partition coefficient (Wildman–Crippen LogP) is -1.40. The fraction of sp³-hybridized carbons (Fsp3) is 0.385. The molecule has 0 bridgehead atoms. The number of nitrogens with zero attached hydrogens (tertiary/aromatic N) is 1. The van der Waals surface area contributed by atoms with E-state index in [2.05, 4.69) is 5.32 Å². The molecule has 3 N–H and O–H groups in total. The summed E-state index contributed by atoms with van der Waals surface area (Å²) in [6.07, 6.45) is 5.11. The van der Waals surface area contributed by atoms with Gasteiger partial charge in [-0.3, -0.25) is 29.4 Å². The summed E-state index contributed by atoms with van der Waals surface area (Å²) in [5.74, 6) is -2.68. The third-order valence-electron chi connectivity index (χ3n) is 3.82. The molecule has 0 aromatic carbocycles. The Balaban J connectivity index is 1.92. The molecule has 0 aromatic heterocycles. The minimum atomic E-state index is -0.925. The second kappa shape index (κ2) is 4.38. The fourth-order valence-corrected chi connectivity index (χ4v) is 2.82. The number of fused-ring (bicyclic) bond motifs is 1. The Morgan fingerprint density at radius 3 is 2.65 bits per heavy atom. The number of imide groups is 2. The zero-order chi connectivity index (χ0) is 14.4. The van der Waals surface area contributed by atoms with E-state index in [0.717, 1.165) is 4.90 Å². The molecule has 3 unspecified atom stereocenters. The monoisotopic (exact) mass is 275 g/mol. The zero-order valence-corrected chi connectivity index (χ0v) is 10.5. The quantitative estimate of drug-likeness (QED) is 0.572. The van der Waals surface area contributed by atoms with Gasteiger partial charge in [-0.2, -0.15) is 0 Å². The molecule has 3 rings (SSSR count). The van der Waals surface area contributed by atoms with Crippen LogP contribution in [0.25, 0.3) is 0 Å². The van der Waals surface area contributed by atoms with Crippen LogP contribution in [0.15, 0.2) is 23.8 Å². The standard InChI is InChI=1S/C13H13N3O4/c14-7-3-1-2-6-10(7)13(20)16(12(6)19)8-4-5-9(17)15-11(8)18/h1-3,7-8,10H,4-5,14H2,(H,15,17,18). The van der Waals surface area contributed by atoms with Gasteiger partial charge in [0.25, 0.3) is 5.91 Å². The lowest BCUT2D eigenvalue weighted by Gasteiger charge is -2.28. The van der Waals surface area contributed by atoms with Gasteiger partial charge in [-0.15, -0.1) is 0 Å². The third kappa shape index (κ3) is 1.70. The molecule has 7 heteroatoms. The first-order valence-corrected chi connectivity index (χ1v) is 6.36. The van der Waals surface area contributed by atoms with Gasteiger partial charge < -0.3 is 5.73 Å². The summed E-state index contributed by atoms with van der Waals surface area (Å²) in [5, 5.41) is 2.15. The Morgan fingerprint density at radius 2 is 2.00 bits per heavy atom. The first kappa shape index (κ1) is 12.7. The van der Waals surface area contributed by atoms with Gasteiger partial charge >= 0.3 is 0 Å². The number of hydrogen-bond donors (Lipinski definition) is 2. The van der Waals surface area contributed by atoms with Crippen molar-refractivity contribution in [1.29, 1.82) is 0 Å². The van der Waals surface area contributed by atoms with Crippen LogP contribution in [0, 0.1) is 5.92 Å². The van der Waals surface area contributed by atoms with Crippen LogP contribution in [0.5, 0.6) is 0 Å². The van der Waals surface area contributed by atoms with Crippen molar-refractivity contribution in [2.45, 2.75) is 24.9 Å². The molecule has 2 saturated heterocycles. The lowest BCUT2D eigenvalue weighted by Crippen LogP contribution is -2.54. The molecule has 2 fully saturated rings. The highest BCUT2D eigenvalue weighted by Gasteiger charge is 2.51. The van der Waals surface area contributed by atoms with Crippen LogP contribution in [0.2, 0.25) is 0 Å². The summed E-state index contributed by atoms with van der Waals surface area (Å²) in [6.45, 7) is 0. The Labute approximate surface area is 114 Å². The highest BCUT2D eigenvalue weighted by Crippen LogP contribution is 2.33. The van der Waals surface area contributed by atoms with Crippen LogP contribution < -0.4 is 11.1 Å². The van der Waals surface area contributed by atoms with E-state index >= 15 is 0 Å². The molecular formula is C13H13N3O4. The van der Waals surface area contributed by atoms with E-state index in [1.165, 1.54) is 0 Å². The Bertz CT molecular complexity index is 592. The molecule has 3 atom stereocenters. The van der Waals surface area contributed by atoms with Crippen LogP contribution in [0.1, 0.15) is 12.8 Å². The Hall–Kier alpha value is -2.28. The predicted molar refractivity (Wildman–Crippen MR) is 66.7 cm³/mol. The van der Waals surface area contributed by atoms with E-state index < -0.39 is 35.7 Å². The molecule has 7 nitrogen and oxygen atoms in total.